The first kappa shape index (κ1) is 12.4. The summed E-state index contributed by atoms with van der Waals surface area (Å²) in [6.45, 7) is 0. The molecule has 0 heterocycles. The molecular formula is C10H11NO4S. The number of ketones is 1. The van der Waals surface area contributed by atoms with E-state index in [9.17, 15) is 18.0 Å². The predicted molar refractivity (Wildman–Crippen MR) is 58.4 cm³/mol. The number of likely N-dealkylation sites (N-methyl/N-ethyl adjacent to an activating group) is 1. The lowest BCUT2D eigenvalue weighted by atomic mass is 10.1. The summed E-state index contributed by atoms with van der Waals surface area (Å²) in [6.07, 6.45) is 0.864. The van der Waals surface area contributed by atoms with Crippen molar-refractivity contribution < 1.29 is 18.0 Å². The maximum absolute atomic E-state index is 11.6. The smallest absolute Gasteiger partial charge is 0.283 e. The van der Waals surface area contributed by atoms with Crippen LogP contribution in [-0.2, 0) is 14.8 Å². The van der Waals surface area contributed by atoms with Gasteiger partial charge < -0.3 is 0 Å². The normalized spacial score (nSPS) is 10.9. The number of amides is 1. The molecule has 1 rings (SSSR count). The molecule has 5 nitrogen and oxygen atoms in total. The number of hydrogen-bond acceptors (Lipinski definition) is 4. The van der Waals surface area contributed by atoms with E-state index in [0.717, 1.165) is 13.3 Å². The second-order valence-corrected chi connectivity index (χ2v) is 5.24. The molecule has 0 aliphatic rings. The van der Waals surface area contributed by atoms with Crippen LogP contribution >= 0.6 is 0 Å². The van der Waals surface area contributed by atoms with Crippen molar-refractivity contribution in [2.45, 2.75) is 0 Å². The average Bonchev–Trinajstić information content (AvgIpc) is 2.26. The molecule has 0 spiro atoms. The zero-order chi connectivity index (χ0) is 12.3. The van der Waals surface area contributed by atoms with Crippen molar-refractivity contribution in [3.8, 4) is 0 Å². The van der Waals surface area contributed by atoms with E-state index in [1.807, 2.05) is 0 Å². The number of Topliss-reactive ketones (excluding diaryl/α,β-unsaturated/α-hetero) is 1. The summed E-state index contributed by atoms with van der Waals surface area (Å²) in [4.78, 5) is 23.1. The molecule has 0 aliphatic heterocycles. The van der Waals surface area contributed by atoms with E-state index in [0.29, 0.717) is 4.31 Å². The maximum atomic E-state index is 11.6. The molecule has 0 radical (unpaired) electrons. The molecule has 1 aromatic carbocycles. The van der Waals surface area contributed by atoms with E-state index < -0.39 is 21.7 Å². The third-order valence-corrected chi connectivity index (χ3v) is 3.17. The number of sulfonamides is 1. The van der Waals surface area contributed by atoms with E-state index >= 15 is 0 Å². The predicted octanol–water partition coefficient (Wildman–Crippen LogP) is 0.287. The van der Waals surface area contributed by atoms with Crippen LogP contribution in [0.2, 0.25) is 0 Å². The number of carbonyl (C=O) groups excluding carboxylic acids is 2. The molecule has 0 atom stereocenters. The van der Waals surface area contributed by atoms with Crippen LogP contribution in [0.25, 0.3) is 0 Å². The van der Waals surface area contributed by atoms with Crippen LogP contribution in [-0.4, -0.2) is 37.7 Å². The highest BCUT2D eigenvalue weighted by Crippen LogP contribution is 2.04. The van der Waals surface area contributed by atoms with Crippen LogP contribution in [0, 0.1) is 0 Å². The van der Waals surface area contributed by atoms with E-state index in [4.69, 9.17) is 0 Å². The van der Waals surface area contributed by atoms with Gasteiger partial charge in [-0.05, 0) is 0 Å². The van der Waals surface area contributed by atoms with Gasteiger partial charge in [-0.25, -0.2) is 12.7 Å². The average molecular weight is 241 g/mol. The number of carbonyl (C=O) groups is 2. The molecule has 0 bridgehead atoms. The van der Waals surface area contributed by atoms with Crippen molar-refractivity contribution >= 4 is 21.7 Å². The van der Waals surface area contributed by atoms with Crippen molar-refractivity contribution in [2.75, 3.05) is 13.3 Å². The second kappa shape index (κ2) is 4.44. The molecule has 86 valence electrons. The molecule has 1 amide bonds. The maximum Gasteiger partial charge on any atom is 0.308 e. The van der Waals surface area contributed by atoms with Gasteiger partial charge in [-0.15, -0.1) is 0 Å². The zero-order valence-corrected chi connectivity index (χ0v) is 9.69. The summed E-state index contributed by atoms with van der Waals surface area (Å²) in [5.41, 5.74) is 0.169. The SMILES string of the molecule is CN(C(=O)C(=O)c1ccccc1)S(C)(=O)=O. The van der Waals surface area contributed by atoms with Gasteiger partial charge in [0.2, 0.25) is 10.0 Å². The van der Waals surface area contributed by atoms with Crippen LogP contribution in [0.5, 0.6) is 0 Å². The summed E-state index contributed by atoms with van der Waals surface area (Å²) in [6, 6.07) is 7.80. The minimum atomic E-state index is -3.69. The fourth-order valence-electron chi connectivity index (χ4n) is 1.01. The third-order valence-electron chi connectivity index (χ3n) is 2.01. The topological polar surface area (TPSA) is 71.5 Å². The molecule has 0 saturated heterocycles. The molecule has 0 saturated carbocycles. The fraction of sp³-hybridized carbons (Fsp3) is 0.200. The van der Waals surface area contributed by atoms with Gasteiger partial charge in [0.25, 0.3) is 5.78 Å². The summed E-state index contributed by atoms with van der Waals surface area (Å²) in [5.74, 6) is -1.90. The van der Waals surface area contributed by atoms with E-state index in [2.05, 4.69) is 0 Å². The van der Waals surface area contributed by atoms with Crippen molar-refractivity contribution in [2.24, 2.45) is 0 Å². The molecule has 0 fully saturated rings. The van der Waals surface area contributed by atoms with Crippen molar-refractivity contribution in [3.63, 3.8) is 0 Å². The fourth-order valence-corrected chi connectivity index (χ4v) is 1.39. The molecule has 0 aliphatic carbocycles. The Labute approximate surface area is 93.7 Å². The Morgan fingerprint density at radius 1 is 1.12 bits per heavy atom. The highest BCUT2D eigenvalue weighted by Gasteiger charge is 2.25. The van der Waals surface area contributed by atoms with Gasteiger partial charge in [-0.3, -0.25) is 9.59 Å². The summed E-state index contributed by atoms with van der Waals surface area (Å²) >= 11 is 0. The second-order valence-electron chi connectivity index (χ2n) is 3.23. The van der Waals surface area contributed by atoms with Gasteiger partial charge >= 0.3 is 5.91 Å². The molecule has 0 unspecified atom stereocenters. The van der Waals surface area contributed by atoms with Crippen LogP contribution in [0.4, 0.5) is 0 Å². The van der Waals surface area contributed by atoms with Crippen molar-refractivity contribution in [3.05, 3.63) is 35.9 Å². The van der Waals surface area contributed by atoms with Crippen molar-refractivity contribution in [1.82, 2.24) is 4.31 Å². The summed E-state index contributed by atoms with van der Waals surface area (Å²) < 4.78 is 22.6. The van der Waals surface area contributed by atoms with Crippen molar-refractivity contribution in [1.29, 1.82) is 0 Å². The Bertz CT molecular complexity index is 507. The lowest BCUT2D eigenvalue weighted by molar-refractivity contribution is -0.121. The van der Waals surface area contributed by atoms with E-state index in [1.54, 1.807) is 18.2 Å². The first-order valence-corrected chi connectivity index (χ1v) is 6.26. The van der Waals surface area contributed by atoms with Gasteiger partial charge in [0.15, 0.2) is 0 Å². The lowest BCUT2D eigenvalue weighted by Gasteiger charge is -2.12. The highest BCUT2D eigenvalue weighted by atomic mass is 32.2. The number of benzene rings is 1. The van der Waals surface area contributed by atoms with Gasteiger partial charge in [0, 0.05) is 12.6 Å². The van der Waals surface area contributed by atoms with Gasteiger partial charge in [0.1, 0.15) is 0 Å². The Hall–Kier alpha value is -1.69. The zero-order valence-electron chi connectivity index (χ0n) is 8.88. The molecule has 0 aromatic heterocycles. The van der Waals surface area contributed by atoms with Crippen LogP contribution in [0.3, 0.4) is 0 Å². The monoisotopic (exact) mass is 241 g/mol. The number of hydrogen-bond donors (Lipinski definition) is 0. The summed E-state index contributed by atoms with van der Waals surface area (Å²) in [7, 11) is -2.64. The third kappa shape index (κ3) is 2.66. The Morgan fingerprint density at radius 3 is 2.06 bits per heavy atom. The van der Waals surface area contributed by atoms with E-state index in [1.165, 1.54) is 12.1 Å². The first-order valence-electron chi connectivity index (χ1n) is 4.41. The molecule has 0 N–H and O–H groups in total. The highest BCUT2D eigenvalue weighted by molar-refractivity contribution is 7.89. The minimum Gasteiger partial charge on any atom is -0.283 e. The van der Waals surface area contributed by atoms with Gasteiger partial charge in [-0.2, -0.15) is 0 Å². The summed E-state index contributed by atoms with van der Waals surface area (Å²) in [5, 5.41) is 0. The Kier molecular flexibility index (Phi) is 3.44. The molecule has 1 aromatic rings. The minimum absolute atomic E-state index is 0.169. The Morgan fingerprint density at radius 2 is 1.62 bits per heavy atom. The van der Waals surface area contributed by atoms with Crippen LogP contribution < -0.4 is 0 Å². The molecular weight excluding hydrogens is 230 g/mol. The van der Waals surface area contributed by atoms with Gasteiger partial charge in [0.05, 0.1) is 6.26 Å². The quantitative estimate of drug-likeness (QED) is 0.563. The van der Waals surface area contributed by atoms with Crippen LogP contribution in [0.15, 0.2) is 30.3 Å². The number of nitrogens with zero attached hydrogens (tertiary/aromatic N) is 1. The Balaban J connectivity index is 2.97. The standard InChI is InChI=1S/C10H11NO4S/c1-11(16(2,14)15)10(13)9(12)8-6-4-3-5-7-8/h3-7H,1-2H3. The largest absolute Gasteiger partial charge is 0.308 e. The molecule has 6 heteroatoms. The first-order chi connectivity index (χ1) is 7.34. The number of rotatable bonds is 3. The molecule has 16 heavy (non-hydrogen) atoms. The lowest BCUT2D eigenvalue weighted by Crippen LogP contribution is -2.37. The van der Waals surface area contributed by atoms with Gasteiger partial charge in [-0.1, -0.05) is 30.3 Å². The van der Waals surface area contributed by atoms with Crippen LogP contribution in [0.1, 0.15) is 10.4 Å². The van der Waals surface area contributed by atoms with E-state index in [-0.39, 0.29) is 5.56 Å².